The van der Waals surface area contributed by atoms with E-state index in [-0.39, 0.29) is 17.5 Å². The van der Waals surface area contributed by atoms with E-state index in [1.165, 1.54) is 0 Å². The number of aromatic nitrogens is 1. The van der Waals surface area contributed by atoms with E-state index in [1.54, 1.807) is 0 Å². The third-order valence-corrected chi connectivity index (χ3v) is 3.01. The predicted octanol–water partition coefficient (Wildman–Crippen LogP) is 3.62. The first-order valence-corrected chi connectivity index (χ1v) is 5.99. The summed E-state index contributed by atoms with van der Waals surface area (Å²) in [6, 6.07) is 2.56. The number of hydrogen-bond acceptors (Lipinski definition) is 2. The molecule has 7 heteroatoms. The molecule has 0 bridgehead atoms. The molecule has 0 amide bonds. The highest BCUT2D eigenvalue weighted by atomic mass is 19.4. The van der Waals surface area contributed by atoms with E-state index < -0.39 is 29.4 Å². The summed E-state index contributed by atoms with van der Waals surface area (Å²) in [4.78, 5) is 3.62. The third kappa shape index (κ3) is 3.55. The van der Waals surface area contributed by atoms with Crippen molar-refractivity contribution in [2.75, 3.05) is 0 Å². The lowest BCUT2D eigenvalue weighted by molar-refractivity contribution is -0.138. The Balaban J connectivity index is 2.31. The van der Waals surface area contributed by atoms with E-state index in [0.29, 0.717) is 6.07 Å². The molecule has 0 fully saturated rings. The van der Waals surface area contributed by atoms with Crippen LogP contribution in [0.25, 0.3) is 0 Å². The molecule has 1 atom stereocenters. The van der Waals surface area contributed by atoms with Gasteiger partial charge in [0.2, 0.25) is 0 Å². The molecule has 1 unspecified atom stereocenters. The maximum Gasteiger partial charge on any atom is 0.416 e. The molecule has 1 aromatic heterocycles. The van der Waals surface area contributed by atoms with E-state index >= 15 is 0 Å². The first-order chi connectivity index (χ1) is 9.79. The molecule has 21 heavy (non-hydrogen) atoms. The van der Waals surface area contributed by atoms with Crippen LogP contribution in [0, 0.1) is 11.6 Å². The largest absolute Gasteiger partial charge is 0.416 e. The lowest BCUT2D eigenvalue weighted by Crippen LogP contribution is -2.20. The smallest absolute Gasteiger partial charge is 0.324 e. The Hall–Kier alpha value is -2.02. The Labute approximate surface area is 117 Å². The standard InChI is InChI=1S/C14H11F5N2/c15-9-2-1-8(12(16)6-9)5-13(20)10-7-21-4-3-11(10)14(17,18)19/h1-4,6-7,13H,5,20H2. The molecule has 0 radical (unpaired) electrons. The molecule has 0 saturated heterocycles. The lowest BCUT2D eigenvalue weighted by Gasteiger charge is -2.18. The van der Waals surface area contributed by atoms with Gasteiger partial charge in [-0.05, 0) is 29.7 Å². The Bertz CT molecular complexity index is 640. The van der Waals surface area contributed by atoms with Crippen LogP contribution in [-0.4, -0.2) is 4.98 Å². The molecule has 2 N–H and O–H groups in total. The quantitative estimate of drug-likeness (QED) is 0.880. The SMILES string of the molecule is NC(Cc1ccc(F)cc1F)c1cnccc1C(F)(F)F. The van der Waals surface area contributed by atoms with Crippen molar-refractivity contribution in [3.05, 3.63) is 65.0 Å². The van der Waals surface area contributed by atoms with E-state index in [4.69, 9.17) is 5.73 Å². The Morgan fingerprint density at radius 2 is 1.86 bits per heavy atom. The van der Waals surface area contributed by atoms with Crippen molar-refractivity contribution in [1.82, 2.24) is 4.98 Å². The second-order valence-electron chi connectivity index (χ2n) is 4.51. The number of nitrogens with two attached hydrogens (primary N) is 1. The molecular formula is C14H11F5N2. The van der Waals surface area contributed by atoms with Crippen LogP contribution in [0.15, 0.2) is 36.7 Å². The average molecular weight is 302 g/mol. The molecular weight excluding hydrogens is 291 g/mol. The Kier molecular flexibility index (Phi) is 4.22. The van der Waals surface area contributed by atoms with Gasteiger partial charge in [-0.1, -0.05) is 6.07 Å². The average Bonchev–Trinajstić information content (AvgIpc) is 2.41. The van der Waals surface area contributed by atoms with Gasteiger partial charge in [-0.15, -0.1) is 0 Å². The predicted molar refractivity (Wildman–Crippen MR) is 66.2 cm³/mol. The van der Waals surface area contributed by atoms with E-state index in [9.17, 15) is 22.0 Å². The van der Waals surface area contributed by atoms with Crippen LogP contribution in [0.3, 0.4) is 0 Å². The highest BCUT2D eigenvalue weighted by molar-refractivity contribution is 5.31. The van der Waals surface area contributed by atoms with Crippen molar-refractivity contribution in [3.63, 3.8) is 0 Å². The topological polar surface area (TPSA) is 38.9 Å². The van der Waals surface area contributed by atoms with Gasteiger partial charge in [0.05, 0.1) is 5.56 Å². The van der Waals surface area contributed by atoms with Crippen LogP contribution >= 0.6 is 0 Å². The third-order valence-electron chi connectivity index (χ3n) is 3.01. The number of pyridine rings is 1. The molecule has 0 saturated carbocycles. The summed E-state index contributed by atoms with van der Waals surface area (Å²) in [6.45, 7) is 0. The second-order valence-corrected chi connectivity index (χ2v) is 4.51. The molecule has 2 nitrogen and oxygen atoms in total. The fourth-order valence-electron chi connectivity index (χ4n) is 1.99. The molecule has 0 aliphatic heterocycles. The highest BCUT2D eigenvalue weighted by Crippen LogP contribution is 2.34. The van der Waals surface area contributed by atoms with Gasteiger partial charge >= 0.3 is 6.18 Å². The van der Waals surface area contributed by atoms with E-state index in [0.717, 1.165) is 30.6 Å². The summed E-state index contributed by atoms with van der Waals surface area (Å²) >= 11 is 0. The van der Waals surface area contributed by atoms with Crippen molar-refractivity contribution >= 4 is 0 Å². The van der Waals surface area contributed by atoms with Crippen LogP contribution in [0.5, 0.6) is 0 Å². The second kappa shape index (κ2) is 5.77. The van der Waals surface area contributed by atoms with Gasteiger partial charge in [-0.2, -0.15) is 13.2 Å². The summed E-state index contributed by atoms with van der Waals surface area (Å²) in [5.74, 6) is -1.61. The molecule has 0 spiro atoms. The van der Waals surface area contributed by atoms with Gasteiger partial charge in [-0.25, -0.2) is 8.78 Å². The molecule has 2 rings (SSSR count). The zero-order valence-corrected chi connectivity index (χ0v) is 10.7. The number of alkyl halides is 3. The molecule has 2 aromatic rings. The monoisotopic (exact) mass is 302 g/mol. The number of hydrogen-bond donors (Lipinski definition) is 1. The van der Waals surface area contributed by atoms with Gasteiger partial charge in [-0.3, -0.25) is 4.98 Å². The molecule has 0 aliphatic rings. The summed E-state index contributed by atoms with van der Waals surface area (Å²) in [5.41, 5.74) is 4.64. The minimum absolute atomic E-state index is 0.0425. The van der Waals surface area contributed by atoms with Crippen LogP contribution < -0.4 is 5.73 Å². The lowest BCUT2D eigenvalue weighted by atomic mass is 9.96. The molecule has 1 aromatic carbocycles. The van der Waals surface area contributed by atoms with Crippen LogP contribution in [-0.2, 0) is 12.6 Å². The minimum atomic E-state index is -4.57. The molecule has 112 valence electrons. The molecule has 1 heterocycles. The normalized spacial score (nSPS) is 13.2. The van der Waals surface area contributed by atoms with Gasteiger partial charge < -0.3 is 5.73 Å². The van der Waals surface area contributed by atoms with Gasteiger partial charge in [0.1, 0.15) is 11.6 Å². The van der Waals surface area contributed by atoms with Crippen molar-refractivity contribution in [2.45, 2.75) is 18.6 Å². The van der Waals surface area contributed by atoms with Crippen molar-refractivity contribution in [3.8, 4) is 0 Å². The maximum atomic E-state index is 13.5. The number of halogens is 5. The van der Waals surface area contributed by atoms with Gasteiger partial charge in [0, 0.05) is 24.5 Å². The van der Waals surface area contributed by atoms with Crippen molar-refractivity contribution in [2.24, 2.45) is 5.73 Å². The summed E-state index contributed by atoms with van der Waals surface area (Å²) < 4.78 is 64.9. The first-order valence-electron chi connectivity index (χ1n) is 5.99. The van der Waals surface area contributed by atoms with Crippen molar-refractivity contribution < 1.29 is 22.0 Å². The van der Waals surface area contributed by atoms with Crippen LogP contribution in [0.1, 0.15) is 22.7 Å². The summed E-state index contributed by atoms with van der Waals surface area (Å²) in [5, 5.41) is 0. The Morgan fingerprint density at radius 1 is 1.14 bits per heavy atom. The molecule has 0 aliphatic carbocycles. The van der Waals surface area contributed by atoms with Crippen LogP contribution in [0.4, 0.5) is 22.0 Å². The van der Waals surface area contributed by atoms with E-state index in [2.05, 4.69) is 4.98 Å². The van der Waals surface area contributed by atoms with Gasteiger partial charge in [0.15, 0.2) is 0 Å². The van der Waals surface area contributed by atoms with E-state index in [1.807, 2.05) is 0 Å². The summed E-state index contributed by atoms with van der Waals surface area (Å²) in [7, 11) is 0. The fourth-order valence-corrected chi connectivity index (χ4v) is 1.99. The highest BCUT2D eigenvalue weighted by Gasteiger charge is 2.34. The first kappa shape index (κ1) is 15.4. The zero-order valence-electron chi connectivity index (χ0n) is 10.7. The van der Waals surface area contributed by atoms with Gasteiger partial charge in [0.25, 0.3) is 0 Å². The number of nitrogens with zero attached hydrogens (tertiary/aromatic N) is 1. The Morgan fingerprint density at radius 3 is 2.48 bits per heavy atom. The number of benzene rings is 1. The van der Waals surface area contributed by atoms with Crippen LogP contribution in [0.2, 0.25) is 0 Å². The summed E-state index contributed by atoms with van der Waals surface area (Å²) in [6.07, 6.45) is -2.75. The van der Waals surface area contributed by atoms with Crippen molar-refractivity contribution in [1.29, 1.82) is 0 Å². The zero-order chi connectivity index (χ0) is 15.6. The fraction of sp³-hybridized carbons (Fsp3) is 0.214. The minimum Gasteiger partial charge on any atom is -0.324 e. The maximum absolute atomic E-state index is 13.5. The number of rotatable bonds is 3.